The second-order valence-corrected chi connectivity index (χ2v) is 7.41. The van der Waals surface area contributed by atoms with Gasteiger partial charge in [-0.2, -0.15) is 0 Å². The van der Waals surface area contributed by atoms with Crippen molar-refractivity contribution in [2.24, 2.45) is 0 Å². The van der Waals surface area contributed by atoms with E-state index in [0.29, 0.717) is 22.0 Å². The molecule has 0 saturated heterocycles. The van der Waals surface area contributed by atoms with Crippen molar-refractivity contribution >= 4 is 46.7 Å². The molecular formula is C20H20ClNO4S. The second-order valence-electron chi connectivity index (χ2n) is 5.81. The highest BCUT2D eigenvalue weighted by Gasteiger charge is 2.18. The Morgan fingerprint density at radius 1 is 1.07 bits per heavy atom. The number of anilines is 1. The van der Waals surface area contributed by atoms with E-state index in [0.717, 1.165) is 4.90 Å². The van der Waals surface area contributed by atoms with E-state index in [4.69, 9.17) is 16.3 Å². The van der Waals surface area contributed by atoms with Gasteiger partial charge in [0.25, 0.3) is 5.91 Å². The number of Topliss-reactive ketones (excluding diaryl/α,β-unsaturated/α-hetero) is 1. The van der Waals surface area contributed by atoms with Gasteiger partial charge in [-0.15, -0.1) is 11.8 Å². The van der Waals surface area contributed by atoms with Crippen molar-refractivity contribution in [1.29, 1.82) is 0 Å². The molecule has 0 spiro atoms. The summed E-state index contributed by atoms with van der Waals surface area (Å²) in [6, 6.07) is 13.9. The molecule has 27 heavy (non-hydrogen) atoms. The summed E-state index contributed by atoms with van der Waals surface area (Å²) in [5.74, 6) is -0.372. The lowest BCUT2D eigenvalue weighted by Crippen LogP contribution is -2.30. The molecule has 7 heteroatoms. The van der Waals surface area contributed by atoms with Crippen molar-refractivity contribution in [3.63, 3.8) is 0 Å². The molecular weight excluding hydrogens is 386 g/mol. The third kappa shape index (κ3) is 7.07. The summed E-state index contributed by atoms with van der Waals surface area (Å²) in [5, 5.41) is 3.32. The van der Waals surface area contributed by atoms with Gasteiger partial charge in [0, 0.05) is 26.9 Å². The lowest BCUT2D eigenvalue weighted by atomic mass is 10.1. The van der Waals surface area contributed by atoms with Gasteiger partial charge < -0.3 is 10.1 Å². The molecule has 1 atom stereocenters. The number of hydrogen-bond donors (Lipinski definition) is 1. The summed E-state index contributed by atoms with van der Waals surface area (Å²) in [7, 11) is 0. The molecule has 0 aliphatic carbocycles. The average Bonchev–Trinajstić information content (AvgIpc) is 2.63. The number of ketones is 1. The Morgan fingerprint density at radius 3 is 2.30 bits per heavy atom. The fourth-order valence-corrected chi connectivity index (χ4v) is 3.08. The molecule has 0 aliphatic heterocycles. The maximum atomic E-state index is 12.1. The molecule has 0 aliphatic rings. The van der Waals surface area contributed by atoms with Crippen molar-refractivity contribution in [3.05, 3.63) is 59.1 Å². The molecule has 0 fully saturated rings. The van der Waals surface area contributed by atoms with Crippen LogP contribution in [0.3, 0.4) is 0 Å². The van der Waals surface area contributed by atoms with Crippen LogP contribution in [0.1, 0.15) is 30.6 Å². The highest BCUT2D eigenvalue weighted by Crippen LogP contribution is 2.21. The van der Waals surface area contributed by atoms with E-state index in [1.807, 2.05) is 12.1 Å². The second kappa shape index (κ2) is 10.1. The Labute approximate surface area is 167 Å². The highest BCUT2D eigenvalue weighted by molar-refractivity contribution is 7.99. The minimum Gasteiger partial charge on any atom is -0.453 e. The van der Waals surface area contributed by atoms with Gasteiger partial charge in [0.1, 0.15) is 0 Å². The van der Waals surface area contributed by atoms with Crippen LogP contribution >= 0.6 is 23.4 Å². The normalized spacial score (nSPS) is 11.5. The van der Waals surface area contributed by atoms with E-state index in [9.17, 15) is 14.4 Å². The predicted octanol–water partition coefficient (Wildman–Crippen LogP) is 4.60. The zero-order valence-electron chi connectivity index (χ0n) is 15.0. The van der Waals surface area contributed by atoms with Crippen LogP contribution in [0.5, 0.6) is 0 Å². The van der Waals surface area contributed by atoms with Gasteiger partial charge >= 0.3 is 5.97 Å². The van der Waals surface area contributed by atoms with Crippen LogP contribution in [0.15, 0.2) is 53.4 Å². The summed E-state index contributed by atoms with van der Waals surface area (Å²) in [4.78, 5) is 36.3. The van der Waals surface area contributed by atoms with Crippen LogP contribution in [0, 0.1) is 0 Å². The van der Waals surface area contributed by atoms with Gasteiger partial charge in [-0.1, -0.05) is 11.6 Å². The van der Waals surface area contributed by atoms with Crippen molar-refractivity contribution < 1.29 is 19.1 Å². The Morgan fingerprint density at radius 2 is 1.70 bits per heavy atom. The van der Waals surface area contributed by atoms with Gasteiger partial charge in [0.2, 0.25) is 0 Å². The molecule has 0 radical (unpaired) electrons. The zero-order chi connectivity index (χ0) is 19.8. The van der Waals surface area contributed by atoms with Gasteiger partial charge in [-0.05, 0) is 62.4 Å². The Bertz CT molecular complexity index is 806. The third-order valence-electron chi connectivity index (χ3n) is 3.62. The number of carbonyl (C=O) groups excluding carboxylic acids is 3. The van der Waals surface area contributed by atoms with Gasteiger partial charge in [0.15, 0.2) is 11.9 Å². The fraction of sp³-hybridized carbons (Fsp3) is 0.250. The van der Waals surface area contributed by atoms with Crippen molar-refractivity contribution in [2.45, 2.75) is 31.3 Å². The van der Waals surface area contributed by atoms with Crippen LogP contribution < -0.4 is 5.32 Å². The molecule has 2 aromatic carbocycles. The minimum atomic E-state index is -0.912. The van der Waals surface area contributed by atoms with E-state index >= 15 is 0 Å². The Balaban J connectivity index is 1.75. The van der Waals surface area contributed by atoms with Crippen LogP contribution in [0.25, 0.3) is 0 Å². The molecule has 1 N–H and O–H groups in total. The van der Waals surface area contributed by atoms with E-state index in [1.165, 1.54) is 25.6 Å². The summed E-state index contributed by atoms with van der Waals surface area (Å²) < 4.78 is 5.16. The van der Waals surface area contributed by atoms with Gasteiger partial charge in [-0.25, -0.2) is 0 Å². The number of nitrogens with one attached hydrogen (secondary N) is 1. The molecule has 142 valence electrons. The first-order chi connectivity index (χ1) is 12.8. The van der Waals surface area contributed by atoms with Crippen LogP contribution in [0.2, 0.25) is 5.02 Å². The Kier molecular flexibility index (Phi) is 7.88. The minimum absolute atomic E-state index is 0.0494. The molecule has 1 amide bonds. The van der Waals surface area contributed by atoms with Crippen LogP contribution in [-0.2, 0) is 14.3 Å². The lowest BCUT2D eigenvalue weighted by Gasteiger charge is -2.13. The summed E-state index contributed by atoms with van der Waals surface area (Å²) >= 11 is 7.34. The predicted molar refractivity (Wildman–Crippen MR) is 107 cm³/mol. The van der Waals surface area contributed by atoms with Crippen molar-refractivity contribution in [2.75, 3.05) is 11.1 Å². The SMILES string of the molecule is CC(=O)c1ccc(NC(=O)[C@@H](C)OC(=O)CCSc2ccc(Cl)cc2)cc1. The first kappa shape index (κ1) is 21.0. The number of thioether (sulfide) groups is 1. The summed E-state index contributed by atoms with van der Waals surface area (Å²) in [6.45, 7) is 2.99. The van der Waals surface area contributed by atoms with E-state index in [2.05, 4.69) is 5.32 Å². The van der Waals surface area contributed by atoms with Gasteiger partial charge in [-0.3, -0.25) is 14.4 Å². The first-order valence-electron chi connectivity index (χ1n) is 8.35. The highest BCUT2D eigenvalue weighted by atomic mass is 35.5. The summed E-state index contributed by atoms with van der Waals surface area (Å²) in [5.41, 5.74) is 1.09. The molecule has 0 heterocycles. The molecule has 0 unspecified atom stereocenters. The number of ether oxygens (including phenoxy) is 1. The molecule has 5 nitrogen and oxygen atoms in total. The quantitative estimate of drug-likeness (QED) is 0.395. The zero-order valence-corrected chi connectivity index (χ0v) is 16.6. The maximum absolute atomic E-state index is 12.1. The topological polar surface area (TPSA) is 72.5 Å². The number of hydrogen-bond acceptors (Lipinski definition) is 5. The standard InChI is InChI=1S/C20H20ClNO4S/c1-13(23)15-3-7-17(8-4-15)22-20(25)14(2)26-19(24)11-12-27-18-9-5-16(21)6-10-18/h3-10,14H,11-12H2,1-2H3,(H,22,25)/t14-/m1/s1. The average molecular weight is 406 g/mol. The lowest BCUT2D eigenvalue weighted by molar-refractivity contribution is -0.152. The van der Waals surface area contributed by atoms with Crippen LogP contribution in [0.4, 0.5) is 5.69 Å². The maximum Gasteiger partial charge on any atom is 0.307 e. The van der Waals surface area contributed by atoms with Crippen molar-refractivity contribution in [1.82, 2.24) is 0 Å². The monoisotopic (exact) mass is 405 g/mol. The molecule has 2 aromatic rings. The first-order valence-corrected chi connectivity index (χ1v) is 9.71. The number of rotatable bonds is 8. The fourth-order valence-electron chi connectivity index (χ4n) is 2.12. The molecule has 0 saturated carbocycles. The molecule has 0 aromatic heterocycles. The number of amides is 1. The number of esters is 1. The third-order valence-corrected chi connectivity index (χ3v) is 4.89. The molecule has 0 bridgehead atoms. The summed E-state index contributed by atoms with van der Waals surface area (Å²) in [6.07, 6.45) is -0.719. The number of halogens is 1. The van der Waals surface area contributed by atoms with E-state index in [1.54, 1.807) is 36.4 Å². The van der Waals surface area contributed by atoms with Gasteiger partial charge in [0.05, 0.1) is 6.42 Å². The van der Waals surface area contributed by atoms with E-state index < -0.39 is 18.0 Å². The molecule has 2 rings (SSSR count). The largest absolute Gasteiger partial charge is 0.453 e. The smallest absolute Gasteiger partial charge is 0.307 e. The number of benzene rings is 2. The van der Waals surface area contributed by atoms with E-state index in [-0.39, 0.29) is 12.2 Å². The number of carbonyl (C=O) groups is 3. The van der Waals surface area contributed by atoms with Crippen LogP contribution in [-0.4, -0.2) is 29.5 Å². The van der Waals surface area contributed by atoms with Crippen molar-refractivity contribution in [3.8, 4) is 0 Å². The Hall–Kier alpha value is -2.31.